The van der Waals surface area contributed by atoms with Gasteiger partial charge < -0.3 is 10.1 Å². The molecule has 3 N–H and O–H groups in total. The molecule has 21 heavy (non-hydrogen) atoms. The molecular formula is C14H21N3O2S2. The SMILES string of the molecule is COC[C@@H](C)NC(=S)NNC(=O)[C@@H](C)Sc1ccccc1. The van der Waals surface area contributed by atoms with E-state index in [0.717, 1.165) is 4.90 Å². The first-order valence-electron chi connectivity index (χ1n) is 6.60. The topological polar surface area (TPSA) is 62.4 Å². The number of thioether (sulfide) groups is 1. The second-order valence-electron chi connectivity index (χ2n) is 4.52. The summed E-state index contributed by atoms with van der Waals surface area (Å²) < 4.78 is 4.99. The van der Waals surface area contributed by atoms with E-state index in [1.807, 2.05) is 44.2 Å². The summed E-state index contributed by atoms with van der Waals surface area (Å²) in [5.41, 5.74) is 5.29. The van der Waals surface area contributed by atoms with Crippen molar-refractivity contribution in [1.29, 1.82) is 0 Å². The van der Waals surface area contributed by atoms with E-state index < -0.39 is 0 Å². The number of hydrogen-bond donors (Lipinski definition) is 3. The van der Waals surface area contributed by atoms with E-state index in [2.05, 4.69) is 16.2 Å². The summed E-state index contributed by atoms with van der Waals surface area (Å²) in [7, 11) is 1.62. The summed E-state index contributed by atoms with van der Waals surface area (Å²) in [4.78, 5) is 13.0. The number of carbonyl (C=O) groups excluding carboxylic acids is 1. The fourth-order valence-electron chi connectivity index (χ4n) is 1.53. The van der Waals surface area contributed by atoms with E-state index in [1.54, 1.807) is 7.11 Å². The van der Waals surface area contributed by atoms with E-state index in [0.29, 0.717) is 11.7 Å². The number of nitrogens with one attached hydrogen (secondary N) is 3. The molecule has 1 aromatic carbocycles. The van der Waals surface area contributed by atoms with E-state index in [9.17, 15) is 4.79 Å². The molecule has 0 spiro atoms. The van der Waals surface area contributed by atoms with Crippen molar-refractivity contribution in [3.8, 4) is 0 Å². The van der Waals surface area contributed by atoms with Crippen molar-refractivity contribution < 1.29 is 9.53 Å². The van der Waals surface area contributed by atoms with Crippen LogP contribution in [0.3, 0.4) is 0 Å². The molecule has 2 atom stereocenters. The zero-order chi connectivity index (χ0) is 15.7. The maximum Gasteiger partial charge on any atom is 0.251 e. The second-order valence-corrected chi connectivity index (χ2v) is 6.34. The average Bonchev–Trinajstić information content (AvgIpc) is 2.46. The summed E-state index contributed by atoms with van der Waals surface area (Å²) in [5, 5.41) is 3.14. The monoisotopic (exact) mass is 327 g/mol. The molecule has 0 bridgehead atoms. The highest BCUT2D eigenvalue weighted by Crippen LogP contribution is 2.22. The molecule has 0 aliphatic rings. The van der Waals surface area contributed by atoms with Crippen molar-refractivity contribution in [1.82, 2.24) is 16.2 Å². The highest BCUT2D eigenvalue weighted by atomic mass is 32.2. The van der Waals surface area contributed by atoms with E-state index in [1.165, 1.54) is 11.8 Å². The van der Waals surface area contributed by atoms with Crippen LogP contribution >= 0.6 is 24.0 Å². The van der Waals surface area contributed by atoms with Gasteiger partial charge in [0.1, 0.15) is 0 Å². The molecule has 1 aromatic rings. The molecule has 1 rings (SSSR count). The highest BCUT2D eigenvalue weighted by Gasteiger charge is 2.14. The van der Waals surface area contributed by atoms with Crippen LogP contribution in [0, 0.1) is 0 Å². The Morgan fingerprint density at radius 3 is 2.57 bits per heavy atom. The first-order chi connectivity index (χ1) is 10.0. The molecule has 116 valence electrons. The van der Waals surface area contributed by atoms with Gasteiger partial charge in [-0.25, -0.2) is 0 Å². The fourth-order valence-corrected chi connectivity index (χ4v) is 2.67. The molecule has 0 fully saturated rings. The largest absolute Gasteiger partial charge is 0.383 e. The van der Waals surface area contributed by atoms with Crippen LogP contribution in [-0.4, -0.2) is 36.0 Å². The fraction of sp³-hybridized carbons (Fsp3) is 0.429. The first-order valence-corrected chi connectivity index (χ1v) is 7.88. The second kappa shape index (κ2) is 9.59. The lowest BCUT2D eigenvalue weighted by Crippen LogP contribution is -2.51. The molecule has 0 saturated heterocycles. The number of rotatable bonds is 6. The Hall–Kier alpha value is -1.31. The number of hydrogen-bond acceptors (Lipinski definition) is 4. The Morgan fingerprint density at radius 1 is 1.29 bits per heavy atom. The van der Waals surface area contributed by atoms with E-state index in [-0.39, 0.29) is 17.2 Å². The van der Waals surface area contributed by atoms with Crippen LogP contribution in [-0.2, 0) is 9.53 Å². The van der Waals surface area contributed by atoms with Crippen LogP contribution in [0.1, 0.15) is 13.8 Å². The van der Waals surface area contributed by atoms with Gasteiger partial charge in [0, 0.05) is 18.0 Å². The summed E-state index contributed by atoms with van der Waals surface area (Å²) in [6.45, 7) is 4.32. The van der Waals surface area contributed by atoms with Gasteiger partial charge in [-0.1, -0.05) is 18.2 Å². The number of ether oxygens (including phenoxy) is 1. The van der Waals surface area contributed by atoms with Gasteiger partial charge in [0.15, 0.2) is 5.11 Å². The van der Waals surface area contributed by atoms with Gasteiger partial charge in [-0.15, -0.1) is 11.8 Å². The number of benzene rings is 1. The number of hydrazine groups is 1. The predicted molar refractivity (Wildman–Crippen MR) is 90.1 cm³/mol. The maximum absolute atomic E-state index is 12.0. The van der Waals surface area contributed by atoms with Gasteiger partial charge in [-0.2, -0.15) is 0 Å². The third-order valence-corrected chi connectivity index (χ3v) is 3.85. The van der Waals surface area contributed by atoms with Crippen molar-refractivity contribution in [2.24, 2.45) is 0 Å². The maximum atomic E-state index is 12.0. The summed E-state index contributed by atoms with van der Waals surface area (Å²) in [5.74, 6) is -0.132. The quantitative estimate of drug-likeness (QED) is 0.420. The van der Waals surface area contributed by atoms with Crippen molar-refractivity contribution in [3.05, 3.63) is 30.3 Å². The van der Waals surface area contributed by atoms with Crippen LogP contribution in [0.4, 0.5) is 0 Å². The molecule has 0 radical (unpaired) electrons. The first kappa shape index (κ1) is 17.7. The average molecular weight is 327 g/mol. The standard InChI is InChI=1S/C14H21N3O2S2/c1-10(9-19-3)15-14(20)17-16-13(18)11(2)21-12-7-5-4-6-8-12/h4-8,10-11H,9H2,1-3H3,(H,16,18)(H2,15,17,20)/t10-,11-/m1/s1. The van der Waals surface area contributed by atoms with Crippen LogP contribution in [0.5, 0.6) is 0 Å². The molecule has 0 aromatic heterocycles. The Balaban J connectivity index is 2.31. The molecule has 0 saturated carbocycles. The minimum absolute atomic E-state index is 0.0722. The van der Waals surface area contributed by atoms with Crippen LogP contribution in [0.15, 0.2) is 35.2 Å². The summed E-state index contributed by atoms with van der Waals surface area (Å²) >= 11 is 6.57. The Kier molecular flexibility index (Phi) is 8.11. The zero-order valence-electron chi connectivity index (χ0n) is 12.4. The van der Waals surface area contributed by atoms with Gasteiger partial charge in [0.05, 0.1) is 11.9 Å². The molecule has 0 aliphatic carbocycles. The van der Waals surface area contributed by atoms with Crippen molar-refractivity contribution in [2.45, 2.75) is 30.0 Å². The molecule has 7 heteroatoms. The Labute approximate surface area is 135 Å². The molecule has 5 nitrogen and oxygen atoms in total. The van der Waals surface area contributed by atoms with Crippen molar-refractivity contribution in [2.75, 3.05) is 13.7 Å². The number of carbonyl (C=O) groups is 1. The van der Waals surface area contributed by atoms with Gasteiger partial charge in [0.25, 0.3) is 5.91 Å². The predicted octanol–water partition coefficient (Wildman–Crippen LogP) is 1.70. The minimum atomic E-state index is -0.223. The highest BCUT2D eigenvalue weighted by molar-refractivity contribution is 8.00. The number of amides is 1. The smallest absolute Gasteiger partial charge is 0.251 e. The lowest BCUT2D eigenvalue weighted by Gasteiger charge is -2.18. The van der Waals surface area contributed by atoms with E-state index in [4.69, 9.17) is 17.0 Å². The molecule has 0 unspecified atom stereocenters. The molecular weight excluding hydrogens is 306 g/mol. The van der Waals surface area contributed by atoms with Crippen LogP contribution in [0.2, 0.25) is 0 Å². The van der Waals surface area contributed by atoms with Gasteiger partial charge in [-0.05, 0) is 38.2 Å². The van der Waals surface area contributed by atoms with Crippen LogP contribution in [0.25, 0.3) is 0 Å². The Bertz CT molecular complexity index is 457. The number of methoxy groups -OCH3 is 1. The summed E-state index contributed by atoms with van der Waals surface area (Å²) in [6, 6.07) is 9.86. The Morgan fingerprint density at radius 2 is 1.95 bits per heavy atom. The zero-order valence-corrected chi connectivity index (χ0v) is 14.0. The summed E-state index contributed by atoms with van der Waals surface area (Å²) in [6.07, 6.45) is 0. The van der Waals surface area contributed by atoms with Gasteiger partial charge in [0.2, 0.25) is 0 Å². The normalized spacial score (nSPS) is 13.1. The third-order valence-electron chi connectivity index (χ3n) is 2.52. The van der Waals surface area contributed by atoms with Crippen LogP contribution < -0.4 is 16.2 Å². The lowest BCUT2D eigenvalue weighted by atomic mass is 10.4. The molecule has 1 amide bonds. The molecule has 0 aliphatic heterocycles. The van der Waals surface area contributed by atoms with Crippen molar-refractivity contribution >= 4 is 35.0 Å². The van der Waals surface area contributed by atoms with Crippen molar-refractivity contribution in [3.63, 3.8) is 0 Å². The molecule has 0 heterocycles. The lowest BCUT2D eigenvalue weighted by molar-refractivity contribution is -0.120. The minimum Gasteiger partial charge on any atom is -0.383 e. The van der Waals surface area contributed by atoms with E-state index >= 15 is 0 Å². The van der Waals surface area contributed by atoms with Gasteiger partial charge >= 0.3 is 0 Å². The van der Waals surface area contributed by atoms with Gasteiger partial charge in [-0.3, -0.25) is 15.6 Å². The third kappa shape index (κ3) is 7.31. The number of thiocarbonyl (C=S) groups is 1.